The molecule has 0 unspecified atom stereocenters. The number of carbonyl (C=O) groups is 1. The third-order valence-electron chi connectivity index (χ3n) is 5.70. The second-order valence-electron chi connectivity index (χ2n) is 7.93. The molecule has 10 nitrogen and oxygen atoms in total. The van der Waals surface area contributed by atoms with Gasteiger partial charge < -0.3 is 15.0 Å². The molecule has 1 saturated heterocycles. The second-order valence-corrected chi connectivity index (χ2v) is 8.87. The fourth-order valence-corrected chi connectivity index (χ4v) is 4.84. The van der Waals surface area contributed by atoms with E-state index < -0.39 is 4.92 Å². The highest BCUT2D eigenvalue weighted by molar-refractivity contribution is 7.99. The lowest BCUT2D eigenvalue weighted by Gasteiger charge is -2.13. The van der Waals surface area contributed by atoms with E-state index in [1.54, 1.807) is 0 Å². The number of non-ortho nitro benzene ring substituents is 1. The van der Waals surface area contributed by atoms with E-state index in [1.807, 2.05) is 24.3 Å². The van der Waals surface area contributed by atoms with Crippen molar-refractivity contribution in [3.8, 4) is 5.69 Å². The van der Waals surface area contributed by atoms with Gasteiger partial charge in [-0.15, -0.1) is 0 Å². The molecule has 0 spiro atoms. The first-order valence-corrected chi connectivity index (χ1v) is 11.8. The number of ether oxygens (including phenoxy) is 1. The zero-order valence-corrected chi connectivity index (χ0v) is 18.8. The number of rotatable bonds is 7. The minimum atomic E-state index is -0.500. The maximum absolute atomic E-state index is 13.5. The lowest BCUT2D eigenvalue weighted by Crippen LogP contribution is -2.33. The van der Waals surface area contributed by atoms with Crippen LogP contribution in [0.5, 0.6) is 0 Å². The Morgan fingerprint density at radius 1 is 1.26 bits per heavy atom. The molecule has 5 rings (SSSR count). The molecule has 174 valence electrons. The van der Waals surface area contributed by atoms with E-state index in [2.05, 4.69) is 10.3 Å². The molecule has 1 amide bonds. The van der Waals surface area contributed by atoms with Crippen LogP contribution in [0.1, 0.15) is 12.8 Å². The number of aromatic amines is 1. The van der Waals surface area contributed by atoms with Gasteiger partial charge in [0.2, 0.25) is 5.91 Å². The van der Waals surface area contributed by atoms with Crippen LogP contribution in [0.15, 0.2) is 58.5 Å². The zero-order chi connectivity index (χ0) is 23.7. The van der Waals surface area contributed by atoms with Crippen molar-refractivity contribution in [3.05, 3.63) is 69.0 Å². The molecule has 4 aromatic rings. The van der Waals surface area contributed by atoms with Gasteiger partial charge in [0.05, 0.1) is 22.5 Å². The molecule has 34 heavy (non-hydrogen) atoms. The van der Waals surface area contributed by atoms with Gasteiger partial charge >= 0.3 is 0 Å². The number of hydrogen-bond donors (Lipinski definition) is 2. The molecule has 2 N–H and O–H groups in total. The van der Waals surface area contributed by atoms with Crippen molar-refractivity contribution in [2.45, 2.75) is 24.1 Å². The Hall–Kier alpha value is -3.70. The van der Waals surface area contributed by atoms with Crippen molar-refractivity contribution in [2.24, 2.45) is 0 Å². The largest absolute Gasteiger partial charge is 0.376 e. The van der Waals surface area contributed by atoms with Crippen molar-refractivity contribution >= 4 is 45.3 Å². The van der Waals surface area contributed by atoms with Gasteiger partial charge in [0.25, 0.3) is 11.2 Å². The molecule has 2 aromatic heterocycles. The van der Waals surface area contributed by atoms with Crippen molar-refractivity contribution in [1.82, 2.24) is 19.9 Å². The van der Waals surface area contributed by atoms with E-state index in [0.717, 1.165) is 35.5 Å². The highest BCUT2D eigenvalue weighted by atomic mass is 32.2. The molecule has 11 heteroatoms. The quantitative estimate of drug-likeness (QED) is 0.180. The first-order valence-electron chi connectivity index (χ1n) is 10.8. The van der Waals surface area contributed by atoms with Crippen LogP contribution in [0, 0.1) is 10.1 Å². The molecular weight excluding hydrogens is 458 g/mol. The van der Waals surface area contributed by atoms with E-state index in [9.17, 15) is 19.7 Å². The number of nitro benzene ring substituents is 1. The summed E-state index contributed by atoms with van der Waals surface area (Å²) in [5.41, 5.74) is 1.60. The van der Waals surface area contributed by atoms with Crippen LogP contribution >= 0.6 is 11.8 Å². The SMILES string of the molecule is O=C(CSc1nc2c([nH]c3ccccc32)c(=O)n1-c1ccc([N+](=O)[O-])cc1)NC[C@H]1CCCO1. The Balaban J connectivity index is 1.51. The standard InChI is InChI=1S/C23H21N5O5S/c29-19(24-12-16-4-3-11-33-16)13-34-23-26-20-17-5-1-2-6-18(17)25-21(20)22(30)27(23)14-7-9-15(10-8-14)28(31)32/h1-2,5-10,16,25H,3-4,11-13H2,(H,24,29)/t16-/m1/s1. The molecule has 1 fully saturated rings. The monoisotopic (exact) mass is 479 g/mol. The average molecular weight is 480 g/mol. The molecule has 3 heterocycles. The minimum Gasteiger partial charge on any atom is -0.376 e. The van der Waals surface area contributed by atoms with Gasteiger partial charge in [-0.2, -0.15) is 0 Å². The lowest BCUT2D eigenvalue weighted by atomic mass is 10.2. The summed E-state index contributed by atoms with van der Waals surface area (Å²) in [5, 5.41) is 15.0. The summed E-state index contributed by atoms with van der Waals surface area (Å²) in [6, 6.07) is 13.1. The Labute approximate surface area is 197 Å². The summed E-state index contributed by atoms with van der Waals surface area (Å²) >= 11 is 1.14. The Kier molecular flexibility index (Phi) is 6.03. The summed E-state index contributed by atoms with van der Waals surface area (Å²) in [6.45, 7) is 1.16. The third kappa shape index (κ3) is 4.27. The maximum atomic E-state index is 13.5. The number of carbonyl (C=O) groups excluding carboxylic acids is 1. The minimum absolute atomic E-state index is 0.0351. The predicted octanol–water partition coefficient (Wildman–Crippen LogP) is 3.16. The van der Waals surface area contributed by atoms with Crippen LogP contribution in [-0.2, 0) is 9.53 Å². The van der Waals surface area contributed by atoms with Crippen LogP contribution < -0.4 is 10.9 Å². The summed E-state index contributed by atoms with van der Waals surface area (Å²) in [5.74, 6) is -0.135. The molecule has 1 aliphatic rings. The molecule has 0 bridgehead atoms. The Bertz CT molecular complexity index is 1440. The van der Waals surface area contributed by atoms with Crippen LogP contribution in [0.2, 0.25) is 0 Å². The summed E-state index contributed by atoms with van der Waals surface area (Å²) < 4.78 is 6.91. The number of para-hydroxylation sites is 1. The van der Waals surface area contributed by atoms with E-state index in [1.165, 1.54) is 28.8 Å². The first-order chi connectivity index (χ1) is 16.5. The number of nitrogens with zero attached hydrogens (tertiary/aromatic N) is 3. The highest BCUT2D eigenvalue weighted by Gasteiger charge is 2.20. The summed E-state index contributed by atoms with van der Waals surface area (Å²) in [7, 11) is 0. The van der Waals surface area contributed by atoms with Crippen LogP contribution in [-0.4, -0.2) is 50.4 Å². The average Bonchev–Trinajstić information content (AvgIpc) is 3.50. The number of hydrogen-bond acceptors (Lipinski definition) is 7. The lowest BCUT2D eigenvalue weighted by molar-refractivity contribution is -0.384. The summed E-state index contributed by atoms with van der Waals surface area (Å²) in [6.07, 6.45) is 1.95. The van der Waals surface area contributed by atoms with Gasteiger partial charge in [0.15, 0.2) is 5.16 Å². The molecular formula is C23H21N5O5S. The van der Waals surface area contributed by atoms with E-state index in [4.69, 9.17) is 9.72 Å². The zero-order valence-electron chi connectivity index (χ0n) is 18.0. The normalized spacial score (nSPS) is 15.7. The van der Waals surface area contributed by atoms with Gasteiger partial charge in [-0.3, -0.25) is 24.3 Å². The Morgan fingerprint density at radius 2 is 2.06 bits per heavy atom. The first kappa shape index (κ1) is 22.1. The predicted molar refractivity (Wildman–Crippen MR) is 129 cm³/mol. The second kappa shape index (κ2) is 9.27. The summed E-state index contributed by atoms with van der Waals surface area (Å²) in [4.78, 5) is 44.4. The number of nitrogens with one attached hydrogen (secondary N) is 2. The van der Waals surface area contributed by atoms with Crippen molar-refractivity contribution in [2.75, 3.05) is 18.9 Å². The topological polar surface area (TPSA) is 132 Å². The van der Waals surface area contributed by atoms with E-state index in [0.29, 0.717) is 35.0 Å². The number of H-pyrrole nitrogens is 1. The van der Waals surface area contributed by atoms with Crippen molar-refractivity contribution < 1.29 is 14.5 Å². The molecule has 0 radical (unpaired) electrons. The fraction of sp³-hybridized carbons (Fsp3) is 0.261. The van der Waals surface area contributed by atoms with Gasteiger partial charge in [0, 0.05) is 36.2 Å². The molecule has 2 aromatic carbocycles. The fourth-order valence-electron chi connectivity index (χ4n) is 4.00. The number of fused-ring (bicyclic) bond motifs is 3. The molecule has 1 atom stereocenters. The highest BCUT2D eigenvalue weighted by Crippen LogP contribution is 2.27. The van der Waals surface area contributed by atoms with Gasteiger partial charge in [-0.05, 0) is 31.0 Å². The molecule has 1 aliphatic heterocycles. The Morgan fingerprint density at radius 3 is 2.79 bits per heavy atom. The third-order valence-corrected chi connectivity index (χ3v) is 6.63. The maximum Gasteiger partial charge on any atom is 0.283 e. The molecule has 0 saturated carbocycles. The van der Waals surface area contributed by atoms with E-state index >= 15 is 0 Å². The number of thioether (sulfide) groups is 1. The van der Waals surface area contributed by atoms with Crippen molar-refractivity contribution in [1.29, 1.82) is 0 Å². The number of aromatic nitrogens is 3. The van der Waals surface area contributed by atoms with Crippen LogP contribution in [0.4, 0.5) is 5.69 Å². The number of nitro groups is 1. The molecule has 0 aliphatic carbocycles. The van der Waals surface area contributed by atoms with E-state index in [-0.39, 0.29) is 29.0 Å². The number of amides is 1. The van der Waals surface area contributed by atoms with Crippen molar-refractivity contribution in [3.63, 3.8) is 0 Å². The van der Waals surface area contributed by atoms with Crippen LogP contribution in [0.3, 0.4) is 0 Å². The van der Waals surface area contributed by atoms with Gasteiger partial charge in [-0.1, -0.05) is 30.0 Å². The smallest absolute Gasteiger partial charge is 0.283 e. The van der Waals surface area contributed by atoms with Crippen LogP contribution in [0.25, 0.3) is 27.6 Å². The van der Waals surface area contributed by atoms with Gasteiger partial charge in [-0.25, -0.2) is 4.98 Å². The van der Waals surface area contributed by atoms with Gasteiger partial charge in [0.1, 0.15) is 11.0 Å². The number of benzene rings is 2.